The van der Waals surface area contributed by atoms with Crippen LogP contribution < -0.4 is 34.5 Å². The van der Waals surface area contributed by atoms with Gasteiger partial charge in [0.05, 0.1) is 0 Å². The van der Waals surface area contributed by atoms with Crippen molar-refractivity contribution in [3.8, 4) is 0 Å². The van der Waals surface area contributed by atoms with Crippen molar-refractivity contribution in [3.05, 3.63) is 0 Å². The van der Waals surface area contributed by atoms with Crippen molar-refractivity contribution in [2.24, 2.45) is 0 Å². The quantitative estimate of drug-likeness (QED) is 0.184. The molecule has 0 fully saturated rings. The van der Waals surface area contributed by atoms with Gasteiger partial charge in [0, 0.05) is 0 Å². The van der Waals surface area contributed by atoms with Crippen molar-refractivity contribution in [2.45, 2.75) is 0 Å². The van der Waals surface area contributed by atoms with Crippen LogP contribution in [0, 0.1) is 0 Å². The maximum atomic E-state index is 9.45. The average molecular weight is 152 g/mol. The fourth-order valence-corrected chi connectivity index (χ4v) is 0.0447. The van der Waals surface area contributed by atoms with Crippen LogP contribution in [0.2, 0.25) is 0 Å². The molecule has 0 atom stereocenters. The third-order valence-corrected chi connectivity index (χ3v) is 0.600. The molecule has 0 saturated heterocycles. The van der Waals surface area contributed by atoms with Crippen LogP contribution in [0.3, 0.4) is 0 Å². The van der Waals surface area contributed by atoms with Gasteiger partial charge in [-0.15, -0.1) is 0 Å². The molecule has 8 heteroatoms. The minimum absolute atomic E-state index is 0. The molecule has 0 heterocycles. The molecular weight excluding hydrogens is 150 g/mol. The Hall–Kier alpha value is 1.03. The van der Waals surface area contributed by atoms with Crippen LogP contribution in [0.1, 0.15) is 0 Å². The molecule has 0 unspecified atom stereocenters. The molecule has 0 aliphatic heterocycles. The second-order valence-electron chi connectivity index (χ2n) is 0.611. The van der Waals surface area contributed by atoms with Crippen LogP contribution in [0.4, 0.5) is 0 Å². The van der Waals surface area contributed by atoms with E-state index in [1.54, 1.807) is 0 Å². The van der Waals surface area contributed by atoms with Crippen molar-refractivity contribution in [1.29, 1.82) is 0 Å². The first-order valence-electron chi connectivity index (χ1n) is 1.10. The average Bonchev–Trinajstić information content (AvgIpc) is 1.68. The van der Waals surface area contributed by atoms with Gasteiger partial charge in [-0.05, 0) is 0 Å². The molecule has 44 valence electrons. The van der Waals surface area contributed by atoms with Gasteiger partial charge in [-0.1, -0.05) is 0 Å². The molecule has 0 radical (unpaired) electrons. The van der Waals surface area contributed by atoms with Gasteiger partial charge < -0.3 is 4.89 Å². The third kappa shape index (κ3) is 5.17. The third-order valence-electron chi connectivity index (χ3n) is 0.200. The Labute approximate surface area is 66.8 Å². The zero-order valence-electron chi connectivity index (χ0n) is 3.97. The summed E-state index contributed by atoms with van der Waals surface area (Å²) in [7, 11) is -4.79. The van der Waals surface area contributed by atoms with E-state index >= 15 is 0 Å². The van der Waals surface area contributed by atoms with E-state index in [1.807, 2.05) is 0 Å². The summed E-state index contributed by atoms with van der Waals surface area (Å²) in [5.41, 5.74) is 0. The fraction of sp³-hybridized carbons (Fsp3) is 0. The second-order valence-corrected chi connectivity index (χ2v) is 1.83. The summed E-state index contributed by atoms with van der Waals surface area (Å²) in [6.07, 6.45) is 0. The van der Waals surface area contributed by atoms with Crippen LogP contribution in [-0.2, 0) is 13.9 Å². The van der Waals surface area contributed by atoms with E-state index in [2.05, 4.69) is 9.35 Å². The van der Waals surface area contributed by atoms with E-state index in [0.29, 0.717) is 0 Å². The largest absolute Gasteiger partial charge is 1.00 e. The van der Waals surface area contributed by atoms with Crippen molar-refractivity contribution in [3.63, 3.8) is 0 Å². The molecule has 0 aromatic rings. The summed E-state index contributed by atoms with van der Waals surface area (Å²) < 4.78 is 14.7. The number of phosphoric acid groups is 1. The van der Waals surface area contributed by atoms with Gasteiger partial charge in [-0.25, -0.2) is 10.5 Å². The molecule has 0 aromatic carbocycles. The van der Waals surface area contributed by atoms with Crippen LogP contribution >= 0.6 is 7.82 Å². The van der Waals surface area contributed by atoms with Gasteiger partial charge in [0.25, 0.3) is 0 Å². The molecule has 0 rings (SSSR count). The first-order valence-corrected chi connectivity index (χ1v) is 2.56. The Morgan fingerprint density at radius 3 is 1.62 bits per heavy atom. The second kappa shape index (κ2) is 4.87. The van der Waals surface area contributed by atoms with Gasteiger partial charge >= 0.3 is 37.4 Å². The van der Waals surface area contributed by atoms with E-state index in [0.717, 1.165) is 0 Å². The summed E-state index contributed by atoms with van der Waals surface area (Å²) in [4.78, 5) is 9.45. The van der Waals surface area contributed by atoms with E-state index in [4.69, 9.17) is 10.5 Å². The minimum atomic E-state index is -4.79. The summed E-state index contributed by atoms with van der Waals surface area (Å²) in [5, 5.41) is 14.5. The zero-order valence-corrected chi connectivity index (χ0v) is 6.87. The van der Waals surface area contributed by atoms with Crippen molar-refractivity contribution in [1.82, 2.24) is 0 Å². The molecular formula is H2NaO6P. The molecule has 0 bridgehead atoms. The maximum absolute atomic E-state index is 9.45. The van der Waals surface area contributed by atoms with Gasteiger partial charge in [0.1, 0.15) is 0 Å². The van der Waals surface area contributed by atoms with Crippen molar-refractivity contribution < 1.29 is 58.9 Å². The smallest absolute Gasteiger partial charge is 0.753 e. The van der Waals surface area contributed by atoms with Gasteiger partial charge in [0.2, 0.25) is 0 Å². The van der Waals surface area contributed by atoms with Crippen molar-refractivity contribution >= 4 is 7.82 Å². The fourth-order valence-electron chi connectivity index (χ4n) is 0.0149. The van der Waals surface area contributed by atoms with Crippen LogP contribution in [-0.4, -0.2) is 10.5 Å². The SMILES string of the molecule is O=P([O-])(OO)OO.[Na+]. The Morgan fingerprint density at radius 2 is 1.62 bits per heavy atom. The van der Waals surface area contributed by atoms with Crippen molar-refractivity contribution in [2.75, 3.05) is 0 Å². The molecule has 0 saturated carbocycles. The summed E-state index contributed by atoms with van der Waals surface area (Å²) in [6.45, 7) is 0. The molecule has 2 N–H and O–H groups in total. The minimum Gasteiger partial charge on any atom is -0.753 e. The topological polar surface area (TPSA) is 99.1 Å². The van der Waals surface area contributed by atoms with E-state index in [9.17, 15) is 9.46 Å². The van der Waals surface area contributed by atoms with E-state index in [-0.39, 0.29) is 29.6 Å². The van der Waals surface area contributed by atoms with Crippen LogP contribution in [0.5, 0.6) is 0 Å². The molecule has 0 spiro atoms. The van der Waals surface area contributed by atoms with Crippen LogP contribution in [0.25, 0.3) is 0 Å². The molecule has 6 nitrogen and oxygen atoms in total. The van der Waals surface area contributed by atoms with Gasteiger partial charge in [0.15, 0.2) is 0 Å². The Kier molecular flexibility index (Phi) is 7.17. The standard InChI is InChI=1S/Na.H3O6P/c;1-5-7(3,4)6-2/h;1-2H,(H,3,4)/q+1;/p-1. The van der Waals surface area contributed by atoms with Gasteiger partial charge in [-0.3, -0.25) is 4.57 Å². The van der Waals surface area contributed by atoms with E-state index < -0.39 is 7.82 Å². The maximum Gasteiger partial charge on any atom is 1.00 e. The molecule has 0 aliphatic carbocycles. The first kappa shape index (κ1) is 11.8. The summed E-state index contributed by atoms with van der Waals surface area (Å²) >= 11 is 0. The predicted molar refractivity (Wildman–Crippen MR) is 15.0 cm³/mol. The summed E-state index contributed by atoms with van der Waals surface area (Å²) in [5.74, 6) is 0. The van der Waals surface area contributed by atoms with Gasteiger partial charge in [-0.2, -0.15) is 9.35 Å². The normalized spacial score (nSPS) is 10.4. The number of hydrogen-bond donors (Lipinski definition) is 2. The Bertz CT molecular complexity index is 80.5. The molecule has 8 heavy (non-hydrogen) atoms. The first-order chi connectivity index (χ1) is 3.12. The summed E-state index contributed by atoms with van der Waals surface area (Å²) in [6, 6.07) is 0. The zero-order chi connectivity index (χ0) is 5.91. The monoisotopic (exact) mass is 152 g/mol. The Morgan fingerprint density at radius 1 is 1.38 bits per heavy atom. The van der Waals surface area contributed by atoms with Crippen LogP contribution in [0.15, 0.2) is 0 Å². The predicted octanol–water partition coefficient (Wildman–Crippen LogP) is -3.56. The number of rotatable bonds is 2. The van der Waals surface area contributed by atoms with E-state index in [1.165, 1.54) is 0 Å². The molecule has 0 amide bonds. The molecule has 0 aromatic heterocycles. The Balaban J connectivity index is 0. The molecule has 0 aliphatic rings. The number of hydrogen-bond acceptors (Lipinski definition) is 6.